The number of thiophene rings is 1. The van der Waals surface area contributed by atoms with Gasteiger partial charge in [-0.25, -0.2) is 0 Å². The third kappa shape index (κ3) is 2.36. The molecule has 0 aromatic carbocycles. The van der Waals surface area contributed by atoms with Gasteiger partial charge in [0.05, 0.1) is 35.2 Å². The van der Waals surface area contributed by atoms with Crippen LogP contribution in [-0.2, 0) is 4.74 Å². The smallest absolute Gasteiger partial charge is 0.271 e. The zero-order valence-corrected chi connectivity index (χ0v) is 13.9. The minimum absolute atomic E-state index is 0.0155. The summed E-state index contributed by atoms with van der Waals surface area (Å²) >= 11 is 1.63. The molecular weight excluding hydrogens is 312 g/mol. The monoisotopic (exact) mass is 330 g/mol. The highest BCUT2D eigenvalue weighted by atomic mass is 32.1. The molecule has 4 rings (SSSR count). The standard InChI is InChI=1S/C16H18N4O2S/c1-9-15(10(2)19-18-9)13-8-22-5-4-20(13)16(21)12-7-14-11(17-12)3-6-23-14/h3,6-7,13,17H,4-5,8H2,1-2H3,(H,18,19)/t13-/m0/s1. The topological polar surface area (TPSA) is 74.0 Å². The Labute approximate surface area is 137 Å². The highest BCUT2D eigenvalue weighted by Crippen LogP contribution is 2.30. The van der Waals surface area contributed by atoms with Crippen LogP contribution in [0, 0.1) is 13.8 Å². The van der Waals surface area contributed by atoms with E-state index in [0.29, 0.717) is 25.5 Å². The molecule has 0 spiro atoms. The van der Waals surface area contributed by atoms with E-state index >= 15 is 0 Å². The van der Waals surface area contributed by atoms with E-state index in [1.54, 1.807) is 11.3 Å². The lowest BCUT2D eigenvalue weighted by atomic mass is 10.0. The number of rotatable bonds is 2. The highest BCUT2D eigenvalue weighted by Gasteiger charge is 2.33. The summed E-state index contributed by atoms with van der Waals surface area (Å²) in [4.78, 5) is 18.1. The van der Waals surface area contributed by atoms with Crippen molar-refractivity contribution in [2.75, 3.05) is 19.8 Å². The van der Waals surface area contributed by atoms with Crippen LogP contribution in [-0.4, -0.2) is 45.7 Å². The van der Waals surface area contributed by atoms with Crippen molar-refractivity contribution in [1.82, 2.24) is 20.1 Å². The van der Waals surface area contributed by atoms with Crippen molar-refractivity contribution < 1.29 is 9.53 Å². The Hall–Kier alpha value is -2.12. The van der Waals surface area contributed by atoms with Gasteiger partial charge in [0.25, 0.3) is 5.91 Å². The number of H-pyrrole nitrogens is 2. The summed E-state index contributed by atoms with van der Waals surface area (Å²) in [5, 5.41) is 9.28. The zero-order valence-electron chi connectivity index (χ0n) is 13.0. The Balaban J connectivity index is 1.70. The molecule has 1 aliphatic heterocycles. The quantitative estimate of drug-likeness (QED) is 0.759. The summed E-state index contributed by atoms with van der Waals surface area (Å²) in [6.45, 7) is 5.59. The van der Waals surface area contributed by atoms with E-state index in [0.717, 1.165) is 27.2 Å². The number of aryl methyl sites for hydroxylation is 2. The van der Waals surface area contributed by atoms with Crippen molar-refractivity contribution in [2.24, 2.45) is 0 Å². The van der Waals surface area contributed by atoms with Crippen LogP contribution in [0.4, 0.5) is 0 Å². The van der Waals surface area contributed by atoms with Gasteiger partial charge in [0.2, 0.25) is 0 Å². The number of nitrogens with one attached hydrogen (secondary N) is 2. The number of fused-ring (bicyclic) bond motifs is 1. The Bertz CT molecular complexity index is 815. The van der Waals surface area contributed by atoms with Gasteiger partial charge in [-0.15, -0.1) is 11.3 Å². The predicted octanol–water partition coefficient (Wildman–Crippen LogP) is 2.78. The minimum Gasteiger partial charge on any atom is -0.377 e. The van der Waals surface area contributed by atoms with Gasteiger partial charge in [-0.2, -0.15) is 5.10 Å². The minimum atomic E-state index is -0.101. The van der Waals surface area contributed by atoms with Crippen LogP contribution in [0.25, 0.3) is 10.2 Å². The molecule has 6 nitrogen and oxygen atoms in total. The number of aromatic nitrogens is 3. The summed E-state index contributed by atoms with van der Waals surface area (Å²) in [7, 11) is 0. The number of hydrogen-bond donors (Lipinski definition) is 2. The second-order valence-electron chi connectivity index (χ2n) is 5.82. The molecule has 3 aromatic heterocycles. The molecule has 0 radical (unpaired) electrons. The molecule has 0 saturated carbocycles. The second-order valence-corrected chi connectivity index (χ2v) is 6.77. The van der Waals surface area contributed by atoms with Crippen molar-refractivity contribution in [2.45, 2.75) is 19.9 Å². The number of carbonyl (C=O) groups excluding carboxylic acids is 1. The molecule has 1 fully saturated rings. The fourth-order valence-electron chi connectivity index (χ4n) is 3.25. The van der Waals surface area contributed by atoms with E-state index in [-0.39, 0.29) is 11.9 Å². The van der Waals surface area contributed by atoms with Crippen molar-refractivity contribution in [3.05, 3.63) is 40.2 Å². The Morgan fingerprint density at radius 2 is 2.35 bits per heavy atom. The lowest BCUT2D eigenvalue weighted by molar-refractivity contribution is -0.00327. The van der Waals surface area contributed by atoms with Crippen LogP contribution in [0.3, 0.4) is 0 Å². The summed E-state index contributed by atoms with van der Waals surface area (Å²) in [5.74, 6) is 0.0155. The molecule has 2 N–H and O–H groups in total. The SMILES string of the molecule is Cc1n[nH]c(C)c1[C@@H]1COCCN1C(=O)c1cc2sccc2[nH]1. The summed E-state index contributed by atoms with van der Waals surface area (Å²) < 4.78 is 6.74. The van der Waals surface area contributed by atoms with E-state index in [1.165, 1.54) is 0 Å². The molecule has 120 valence electrons. The maximum atomic E-state index is 13.0. The molecule has 4 heterocycles. The largest absolute Gasteiger partial charge is 0.377 e. The second kappa shape index (κ2) is 5.50. The van der Waals surface area contributed by atoms with Gasteiger partial charge in [0, 0.05) is 17.8 Å². The molecule has 1 saturated heterocycles. The highest BCUT2D eigenvalue weighted by molar-refractivity contribution is 7.17. The maximum Gasteiger partial charge on any atom is 0.271 e. The molecule has 0 aliphatic carbocycles. The molecule has 1 aliphatic rings. The van der Waals surface area contributed by atoms with Gasteiger partial charge < -0.3 is 14.6 Å². The Morgan fingerprint density at radius 3 is 3.09 bits per heavy atom. The molecule has 1 atom stereocenters. The van der Waals surface area contributed by atoms with Crippen LogP contribution in [0.5, 0.6) is 0 Å². The summed E-state index contributed by atoms with van der Waals surface area (Å²) in [6, 6.07) is 3.83. The van der Waals surface area contributed by atoms with Crippen molar-refractivity contribution in [3.63, 3.8) is 0 Å². The first-order valence-corrected chi connectivity index (χ1v) is 8.49. The van der Waals surface area contributed by atoms with Crippen molar-refractivity contribution in [3.8, 4) is 0 Å². The van der Waals surface area contributed by atoms with Gasteiger partial charge in [-0.3, -0.25) is 9.89 Å². The van der Waals surface area contributed by atoms with E-state index < -0.39 is 0 Å². The lowest BCUT2D eigenvalue weighted by Crippen LogP contribution is -2.43. The van der Waals surface area contributed by atoms with Crippen LogP contribution < -0.4 is 0 Å². The number of aromatic amines is 2. The van der Waals surface area contributed by atoms with E-state index in [4.69, 9.17) is 4.74 Å². The van der Waals surface area contributed by atoms with Crippen molar-refractivity contribution in [1.29, 1.82) is 0 Å². The van der Waals surface area contributed by atoms with Crippen LogP contribution in [0.15, 0.2) is 17.5 Å². The van der Waals surface area contributed by atoms with E-state index in [1.807, 2.05) is 36.3 Å². The van der Waals surface area contributed by atoms with Gasteiger partial charge in [0.1, 0.15) is 5.69 Å². The maximum absolute atomic E-state index is 13.0. The average molecular weight is 330 g/mol. The summed E-state index contributed by atoms with van der Waals surface area (Å²) in [6.07, 6.45) is 0. The third-order valence-electron chi connectivity index (χ3n) is 4.38. The number of amides is 1. The molecular formula is C16H18N4O2S. The zero-order chi connectivity index (χ0) is 16.0. The molecule has 3 aromatic rings. The first-order chi connectivity index (χ1) is 11.1. The molecule has 23 heavy (non-hydrogen) atoms. The fourth-order valence-corrected chi connectivity index (χ4v) is 4.04. The number of hydrogen-bond acceptors (Lipinski definition) is 4. The first-order valence-electron chi connectivity index (χ1n) is 7.61. The normalized spacial score (nSPS) is 18.7. The van der Waals surface area contributed by atoms with Gasteiger partial charge in [-0.05, 0) is 31.4 Å². The number of ether oxygens (including phenoxy) is 1. The van der Waals surface area contributed by atoms with Crippen LogP contribution in [0.1, 0.15) is 33.5 Å². The number of morpholine rings is 1. The Kier molecular flexibility index (Phi) is 3.46. The van der Waals surface area contributed by atoms with Crippen LogP contribution in [0.2, 0.25) is 0 Å². The number of carbonyl (C=O) groups is 1. The van der Waals surface area contributed by atoms with Crippen LogP contribution >= 0.6 is 11.3 Å². The van der Waals surface area contributed by atoms with Gasteiger partial charge >= 0.3 is 0 Å². The molecule has 0 bridgehead atoms. The summed E-state index contributed by atoms with van der Waals surface area (Å²) in [5.41, 5.74) is 4.62. The molecule has 0 unspecified atom stereocenters. The molecule has 1 amide bonds. The lowest BCUT2D eigenvalue weighted by Gasteiger charge is -2.35. The average Bonchev–Trinajstić information content (AvgIpc) is 3.22. The van der Waals surface area contributed by atoms with E-state index in [2.05, 4.69) is 15.2 Å². The predicted molar refractivity (Wildman–Crippen MR) is 88.8 cm³/mol. The number of nitrogens with zero attached hydrogens (tertiary/aromatic N) is 2. The van der Waals surface area contributed by atoms with Gasteiger partial charge in [-0.1, -0.05) is 0 Å². The fraction of sp³-hybridized carbons (Fsp3) is 0.375. The van der Waals surface area contributed by atoms with E-state index in [9.17, 15) is 4.79 Å². The third-order valence-corrected chi connectivity index (χ3v) is 5.24. The Morgan fingerprint density at radius 1 is 1.48 bits per heavy atom. The van der Waals surface area contributed by atoms with Gasteiger partial charge in [0.15, 0.2) is 0 Å². The first kappa shape index (κ1) is 14.5. The van der Waals surface area contributed by atoms with Crippen molar-refractivity contribution >= 4 is 27.5 Å². The molecule has 7 heteroatoms.